The van der Waals surface area contributed by atoms with Crippen molar-refractivity contribution in [2.75, 3.05) is 18.5 Å². The number of nitrogens with zero attached hydrogens (tertiary/aromatic N) is 4. The molecule has 0 saturated heterocycles. The van der Waals surface area contributed by atoms with E-state index in [4.69, 9.17) is 0 Å². The molecule has 0 aliphatic carbocycles. The second-order valence-electron chi connectivity index (χ2n) is 4.96. The minimum Gasteiger partial charge on any atom is -0.348 e. The summed E-state index contributed by atoms with van der Waals surface area (Å²) in [6.07, 6.45) is 3.01. The molecule has 7 nitrogen and oxygen atoms in total. The number of anilines is 1. The molecule has 114 valence electrons. The van der Waals surface area contributed by atoms with Crippen molar-refractivity contribution in [2.24, 2.45) is 0 Å². The van der Waals surface area contributed by atoms with Crippen LogP contribution in [0.15, 0.2) is 30.2 Å². The summed E-state index contributed by atoms with van der Waals surface area (Å²) in [5, 5.41) is 4.99. The molecule has 3 aromatic heterocycles. The number of likely N-dealkylation sites (N-methyl/N-ethyl adjacent to an activating group) is 1. The van der Waals surface area contributed by atoms with Gasteiger partial charge in [-0.2, -0.15) is 0 Å². The predicted octanol–water partition coefficient (Wildman–Crippen LogP) is 1.73. The standard InChI is InChI=1S/C14H16N6OS/c1-9(10-4-3-5-22-10)19-11(21)6-20(2)14-12-13(16-7-15-12)17-8-18-14/h3-5,7-9H,6H2,1-2H3,(H,19,21)(H,15,16,17,18). The van der Waals surface area contributed by atoms with Crippen LogP contribution in [0.1, 0.15) is 17.8 Å². The van der Waals surface area contributed by atoms with E-state index in [1.54, 1.807) is 22.6 Å². The van der Waals surface area contributed by atoms with Gasteiger partial charge in [-0.05, 0) is 18.4 Å². The maximum atomic E-state index is 12.2. The fourth-order valence-corrected chi connectivity index (χ4v) is 2.96. The Labute approximate surface area is 131 Å². The summed E-state index contributed by atoms with van der Waals surface area (Å²) < 4.78 is 0. The summed E-state index contributed by atoms with van der Waals surface area (Å²) in [5.41, 5.74) is 1.31. The van der Waals surface area contributed by atoms with E-state index in [2.05, 4.69) is 25.3 Å². The molecule has 1 atom stereocenters. The first-order valence-corrected chi connectivity index (χ1v) is 7.71. The molecule has 0 aliphatic heterocycles. The largest absolute Gasteiger partial charge is 0.348 e. The Hall–Kier alpha value is -2.48. The zero-order valence-electron chi connectivity index (χ0n) is 12.3. The van der Waals surface area contributed by atoms with E-state index < -0.39 is 0 Å². The quantitative estimate of drug-likeness (QED) is 0.748. The first kappa shape index (κ1) is 14.5. The van der Waals surface area contributed by atoms with Crippen molar-refractivity contribution in [1.29, 1.82) is 0 Å². The van der Waals surface area contributed by atoms with Crippen LogP contribution >= 0.6 is 11.3 Å². The van der Waals surface area contributed by atoms with E-state index in [0.29, 0.717) is 11.5 Å². The number of carbonyl (C=O) groups is 1. The Balaban J connectivity index is 1.67. The molecule has 3 aromatic rings. The van der Waals surface area contributed by atoms with Gasteiger partial charge >= 0.3 is 0 Å². The number of hydrogen-bond donors (Lipinski definition) is 2. The Morgan fingerprint density at radius 3 is 3.09 bits per heavy atom. The van der Waals surface area contributed by atoms with E-state index in [-0.39, 0.29) is 18.5 Å². The molecule has 0 aliphatic rings. The molecular weight excluding hydrogens is 300 g/mol. The van der Waals surface area contributed by atoms with Crippen molar-refractivity contribution < 1.29 is 4.79 Å². The lowest BCUT2D eigenvalue weighted by Crippen LogP contribution is -2.36. The lowest BCUT2D eigenvalue weighted by molar-refractivity contribution is -0.120. The minimum atomic E-state index is -0.0605. The molecule has 0 aromatic carbocycles. The van der Waals surface area contributed by atoms with Crippen LogP contribution in [-0.2, 0) is 4.79 Å². The summed E-state index contributed by atoms with van der Waals surface area (Å²) in [4.78, 5) is 30.5. The summed E-state index contributed by atoms with van der Waals surface area (Å²) in [5.74, 6) is 0.594. The van der Waals surface area contributed by atoms with Gasteiger partial charge in [-0.1, -0.05) is 6.07 Å². The number of aromatic amines is 1. The van der Waals surface area contributed by atoms with Gasteiger partial charge in [-0.25, -0.2) is 15.0 Å². The van der Waals surface area contributed by atoms with Gasteiger partial charge in [-0.15, -0.1) is 11.3 Å². The third-order valence-corrected chi connectivity index (χ3v) is 4.35. The minimum absolute atomic E-state index is 0.00141. The SMILES string of the molecule is CC(NC(=O)CN(C)c1ncnc2nc[nH]c12)c1cccs1. The molecule has 0 radical (unpaired) electrons. The smallest absolute Gasteiger partial charge is 0.240 e. The van der Waals surface area contributed by atoms with Crippen LogP contribution in [0.2, 0.25) is 0 Å². The molecule has 3 rings (SSSR count). The zero-order chi connectivity index (χ0) is 15.5. The zero-order valence-corrected chi connectivity index (χ0v) is 13.1. The predicted molar refractivity (Wildman–Crippen MR) is 85.8 cm³/mol. The van der Waals surface area contributed by atoms with Crippen LogP contribution in [0, 0.1) is 0 Å². The number of hydrogen-bond acceptors (Lipinski definition) is 6. The highest BCUT2D eigenvalue weighted by Gasteiger charge is 2.15. The Kier molecular flexibility index (Phi) is 4.01. The van der Waals surface area contributed by atoms with Crippen molar-refractivity contribution in [3.05, 3.63) is 35.0 Å². The molecule has 1 unspecified atom stereocenters. The Morgan fingerprint density at radius 1 is 1.45 bits per heavy atom. The third-order valence-electron chi connectivity index (χ3n) is 3.29. The number of rotatable bonds is 5. The van der Waals surface area contributed by atoms with Crippen LogP contribution in [0.3, 0.4) is 0 Å². The first-order chi connectivity index (χ1) is 10.6. The summed E-state index contributed by atoms with van der Waals surface area (Å²) in [6.45, 7) is 2.18. The highest BCUT2D eigenvalue weighted by atomic mass is 32.1. The molecule has 0 spiro atoms. The van der Waals surface area contributed by atoms with Gasteiger partial charge in [0.1, 0.15) is 11.8 Å². The fraction of sp³-hybridized carbons (Fsp3) is 0.286. The fourth-order valence-electron chi connectivity index (χ4n) is 2.23. The van der Waals surface area contributed by atoms with E-state index in [1.807, 2.05) is 31.5 Å². The maximum absolute atomic E-state index is 12.2. The highest BCUT2D eigenvalue weighted by Crippen LogP contribution is 2.19. The Morgan fingerprint density at radius 2 is 2.32 bits per heavy atom. The normalized spacial score (nSPS) is 12.3. The number of imidazole rings is 1. The van der Waals surface area contributed by atoms with Gasteiger partial charge in [0, 0.05) is 11.9 Å². The van der Waals surface area contributed by atoms with Crippen molar-refractivity contribution in [2.45, 2.75) is 13.0 Å². The van der Waals surface area contributed by atoms with Gasteiger partial charge in [0.05, 0.1) is 18.9 Å². The summed E-state index contributed by atoms with van der Waals surface area (Å²) >= 11 is 1.63. The lowest BCUT2D eigenvalue weighted by Gasteiger charge is -2.19. The van der Waals surface area contributed by atoms with Gasteiger partial charge in [0.2, 0.25) is 5.91 Å². The molecule has 3 heterocycles. The molecule has 0 saturated carbocycles. The van der Waals surface area contributed by atoms with Crippen LogP contribution in [0.5, 0.6) is 0 Å². The van der Waals surface area contributed by atoms with E-state index >= 15 is 0 Å². The van der Waals surface area contributed by atoms with Crippen LogP contribution in [-0.4, -0.2) is 39.4 Å². The summed E-state index contributed by atoms with van der Waals surface area (Å²) in [6, 6.07) is 3.99. The molecule has 0 bridgehead atoms. The molecular formula is C14H16N6OS. The Bertz CT molecular complexity index is 769. The van der Waals surface area contributed by atoms with Crippen molar-refractivity contribution >= 4 is 34.2 Å². The number of thiophene rings is 1. The molecule has 2 N–H and O–H groups in total. The number of fused-ring (bicyclic) bond motifs is 1. The first-order valence-electron chi connectivity index (χ1n) is 6.83. The van der Waals surface area contributed by atoms with E-state index in [1.165, 1.54) is 6.33 Å². The third kappa shape index (κ3) is 2.91. The van der Waals surface area contributed by atoms with Gasteiger partial charge in [-0.3, -0.25) is 4.79 Å². The van der Waals surface area contributed by atoms with Gasteiger partial charge in [0.15, 0.2) is 11.5 Å². The number of carbonyl (C=O) groups excluding carboxylic acids is 1. The maximum Gasteiger partial charge on any atom is 0.240 e. The van der Waals surface area contributed by atoms with Crippen LogP contribution in [0.4, 0.5) is 5.82 Å². The second kappa shape index (κ2) is 6.10. The van der Waals surface area contributed by atoms with Gasteiger partial charge < -0.3 is 15.2 Å². The topological polar surface area (TPSA) is 86.8 Å². The molecule has 22 heavy (non-hydrogen) atoms. The molecule has 1 amide bonds. The van der Waals surface area contributed by atoms with Crippen molar-refractivity contribution in [3.8, 4) is 0 Å². The number of nitrogens with one attached hydrogen (secondary N) is 2. The number of amides is 1. The average molecular weight is 316 g/mol. The number of H-pyrrole nitrogens is 1. The van der Waals surface area contributed by atoms with Crippen molar-refractivity contribution in [3.63, 3.8) is 0 Å². The van der Waals surface area contributed by atoms with Gasteiger partial charge in [0.25, 0.3) is 0 Å². The highest BCUT2D eigenvalue weighted by molar-refractivity contribution is 7.10. The number of aromatic nitrogens is 4. The average Bonchev–Trinajstić information content (AvgIpc) is 3.17. The monoisotopic (exact) mass is 316 g/mol. The molecule has 0 fully saturated rings. The lowest BCUT2D eigenvalue weighted by atomic mass is 10.2. The van der Waals surface area contributed by atoms with Crippen LogP contribution < -0.4 is 10.2 Å². The van der Waals surface area contributed by atoms with Crippen molar-refractivity contribution in [1.82, 2.24) is 25.3 Å². The van der Waals surface area contributed by atoms with E-state index in [0.717, 1.165) is 10.4 Å². The molecule has 8 heteroatoms. The van der Waals surface area contributed by atoms with Crippen LogP contribution in [0.25, 0.3) is 11.2 Å². The summed E-state index contributed by atoms with van der Waals surface area (Å²) in [7, 11) is 1.82. The second-order valence-corrected chi connectivity index (χ2v) is 5.94. The van der Waals surface area contributed by atoms with E-state index in [9.17, 15) is 4.79 Å².